The van der Waals surface area contributed by atoms with Crippen LogP contribution in [0.2, 0.25) is 0 Å². The minimum Gasteiger partial charge on any atom is -0.493 e. The largest absolute Gasteiger partial charge is 0.493 e. The number of hydrogen-bond acceptors (Lipinski definition) is 6. The van der Waals surface area contributed by atoms with Gasteiger partial charge >= 0.3 is 5.97 Å². The standard InChI is InChI=1S/C16H20O6/c1-3-19-15(17)11-22-13-6-4-12(10-14(13)18-2)5-7-16-20-8-9-21-16/h4-7,10,16H,3,8-9,11H2,1-2H3/b7-5+. The molecule has 0 amide bonds. The van der Waals surface area contributed by atoms with E-state index in [4.69, 9.17) is 23.7 Å². The van der Waals surface area contributed by atoms with Crippen molar-refractivity contribution in [3.05, 3.63) is 29.8 Å². The second kappa shape index (κ2) is 8.41. The molecule has 0 unspecified atom stereocenters. The Morgan fingerprint density at radius 1 is 1.32 bits per heavy atom. The van der Waals surface area contributed by atoms with Crippen LogP contribution in [-0.4, -0.2) is 45.8 Å². The molecule has 1 aromatic rings. The lowest BCUT2D eigenvalue weighted by Gasteiger charge is -2.11. The number of ether oxygens (including phenoxy) is 5. The van der Waals surface area contributed by atoms with Crippen LogP contribution < -0.4 is 9.47 Å². The van der Waals surface area contributed by atoms with Crippen LogP contribution in [0.1, 0.15) is 12.5 Å². The molecule has 1 aromatic carbocycles. The molecular formula is C16H20O6. The number of rotatable bonds is 7. The molecule has 1 saturated heterocycles. The van der Waals surface area contributed by atoms with E-state index < -0.39 is 5.97 Å². The zero-order valence-corrected chi connectivity index (χ0v) is 12.7. The number of carbonyl (C=O) groups excluding carboxylic acids is 1. The normalized spacial score (nSPS) is 15.2. The molecule has 1 heterocycles. The highest BCUT2D eigenvalue weighted by Gasteiger charge is 2.12. The fourth-order valence-electron chi connectivity index (χ4n) is 1.92. The maximum absolute atomic E-state index is 11.3. The maximum atomic E-state index is 11.3. The first kappa shape index (κ1) is 16.3. The summed E-state index contributed by atoms with van der Waals surface area (Å²) >= 11 is 0. The lowest BCUT2D eigenvalue weighted by atomic mass is 10.2. The van der Waals surface area contributed by atoms with Gasteiger partial charge in [-0.05, 0) is 30.7 Å². The fraction of sp³-hybridized carbons (Fsp3) is 0.438. The third kappa shape index (κ3) is 4.75. The van der Waals surface area contributed by atoms with Crippen molar-refractivity contribution in [3.8, 4) is 11.5 Å². The highest BCUT2D eigenvalue weighted by molar-refractivity contribution is 5.71. The van der Waals surface area contributed by atoms with Crippen LogP contribution in [-0.2, 0) is 19.0 Å². The molecule has 6 nitrogen and oxygen atoms in total. The molecule has 1 aliphatic heterocycles. The Bertz CT molecular complexity index is 519. The highest BCUT2D eigenvalue weighted by atomic mass is 16.7. The summed E-state index contributed by atoms with van der Waals surface area (Å²) in [6.07, 6.45) is 3.42. The van der Waals surface area contributed by atoms with Crippen LogP contribution in [0.4, 0.5) is 0 Å². The van der Waals surface area contributed by atoms with Crippen LogP contribution in [0.3, 0.4) is 0 Å². The van der Waals surface area contributed by atoms with Crippen molar-refractivity contribution >= 4 is 12.0 Å². The molecule has 0 aliphatic carbocycles. The van der Waals surface area contributed by atoms with E-state index in [0.29, 0.717) is 31.3 Å². The molecule has 0 saturated carbocycles. The Labute approximate surface area is 129 Å². The van der Waals surface area contributed by atoms with E-state index in [1.165, 1.54) is 0 Å². The monoisotopic (exact) mass is 308 g/mol. The molecule has 120 valence electrons. The van der Waals surface area contributed by atoms with Crippen LogP contribution in [0, 0.1) is 0 Å². The molecule has 2 rings (SSSR count). The Kier molecular flexibility index (Phi) is 6.24. The Morgan fingerprint density at radius 3 is 2.77 bits per heavy atom. The molecule has 1 fully saturated rings. The number of esters is 1. The summed E-state index contributed by atoms with van der Waals surface area (Å²) in [5.74, 6) is 0.616. The van der Waals surface area contributed by atoms with Crippen LogP contribution in [0.5, 0.6) is 11.5 Å². The summed E-state index contributed by atoms with van der Waals surface area (Å²) < 4.78 is 26.1. The van der Waals surface area contributed by atoms with Crippen LogP contribution in [0.15, 0.2) is 24.3 Å². The number of methoxy groups -OCH3 is 1. The molecule has 0 radical (unpaired) electrons. The summed E-state index contributed by atoms with van der Waals surface area (Å²) in [4.78, 5) is 11.3. The van der Waals surface area contributed by atoms with Crippen molar-refractivity contribution in [3.63, 3.8) is 0 Å². The van der Waals surface area contributed by atoms with Crippen LogP contribution in [0.25, 0.3) is 6.08 Å². The first-order valence-electron chi connectivity index (χ1n) is 7.10. The molecule has 0 aromatic heterocycles. The smallest absolute Gasteiger partial charge is 0.344 e. The summed E-state index contributed by atoms with van der Waals surface area (Å²) in [7, 11) is 1.54. The quantitative estimate of drug-likeness (QED) is 0.718. The van der Waals surface area contributed by atoms with Crippen LogP contribution >= 0.6 is 0 Å². The highest BCUT2D eigenvalue weighted by Crippen LogP contribution is 2.28. The van der Waals surface area contributed by atoms with Crippen molar-refractivity contribution in [1.29, 1.82) is 0 Å². The predicted molar refractivity (Wildman–Crippen MR) is 79.8 cm³/mol. The number of carbonyl (C=O) groups is 1. The predicted octanol–water partition coefficient (Wildman–Crippen LogP) is 2.02. The summed E-state index contributed by atoms with van der Waals surface area (Å²) in [5, 5.41) is 0. The van der Waals surface area contributed by atoms with Gasteiger partial charge in [0, 0.05) is 0 Å². The van der Waals surface area contributed by atoms with Gasteiger partial charge in [-0.3, -0.25) is 0 Å². The van der Waals surface area contributed by atoms with Gasteiger partial charge in [-0.2, -0.15) is 0 Å². The van der Waals surface area contributed by atoms with Gasteiger partial charge in [-0.15, -0.1) is 0 Å². The van der Waals surface area contributed by atoms with Gasteiger partial charge in [0.25, 0.3) is 0 Å². The van der Waals surface area contributed by atoms with E-state index in [9.17, 15) is 4.79 Å². The molecule has 0 spiro atoms. The molecule has 0 N–H and O–H groups in total. The molecule has 0 atom stereocenters. The summed E-state index contributed by atoms with van der Waals surface area (Å²) in [6.45, 7) is 3.15. The lowest BCUT2D eigenvalue weighted by Crippen LogP contribution is -2.14. The Hall–Kier alpha value is -2.05. The van der Waals surface area contributed by atoms with E-state index in [1.807, 2.05) is 24.3 Å². The minimum absolute atomic E-state index is 0.150. The molecule has 1 aliphatic rings. The van der Waals surface area contributed by atoms with Gasteiger partial charge in [-0.25, -0.2) is 4.79 Å². The number of benzene rings is 1. The molecule has 6 heteroatoms. The molecule has 0 bridgehead atoms. The van der Waals surface area contributed by atoms with E-state index >= 15 is 0 Å². The SMILES string of the molecule is CCOC(=O)COc1ccc(/C=C/C2OCCO2)cc1OC. The van der Waals surface area contributed by atoms with E-state index in [0.717, 1.165) is 5.56 Å². The molecular weight excluding hydrogens is 288 g/mol. The zero-order chi connectivity index (χ0) is 15.8. The molecule has 22 heavy (non-hydrogen) atoms. The minimum atomic E-state index is -0.413. The summed E-state index contributed by atoms with van der Waals surface area (Å²) in [6, 6.07) is 5.41. The maximum Gasteiger partial charge on any atom is 0.344 e. The van der Waals surface area contributed by atoms with E-state index in [1.54, 1.807) is 20.1 Å². The average molecular weight is 308 g/mol. The van der Waals surface area contributed by atoms with E-state index in [-0.39, 0.29) is 12.9 Å². The average Bonchev–Trinajstić information content (AvgIpc) is 3.05. The van der Waals surface area contributed by atoms with Gasteiger partial charge < -0.3 is 23.7 Å². The lowest BCUT2D eigenvalue weighted by molar-refractivity contribution is -0.145. The van der Waals surface area contributed by atoms with E-state index in [2.05, 4.69) is 0 Å². The number of hydrogen-bond donors (Lipinski definition) is 0. The first-order chi connectivity index (χ1) is 10.7. The van der Waals surface area contributed by atoms with Gasteiger partial charge in [0.05, 0.1) is 26.9 Å². The third-order valence-electron chi connectivity index (χ3n) is 2.93. The van der Waals surface area contributed by atoms with Gasteiger partial charge in [0.15, 0.2) is 24.4 Å². The summed E-state index contributed by atoms with van der Waals surface area (Å²) in [5.41, 5.74) is 0.916. The Morgan fingerprint density at radius 2 is 2.09 bits per heavy atom. The fourth-order valence-corrected chi connectivity index (χ4v) is 1.92. The van der Waals surface area contributed by atoms with Crippen molar-refractivity contribution in [1.82, 2.24) is 0 Å². The van der Waals surface area contributed by atoms with Gasteiger partial charge in [-0.1, -0.05) is 12.1 Å². The van der Waals surface area contributed by atoms with Gasteiger partial charge in [0.1, 0.15) is 0 Å². The van der Waals surface area contributed by atoms with Crippen molar-refractivity contribution in [2.45, 2.75) is 13.2 Å². The Balaban J connectivity index is 1.98. The third-order valence-corrected chi connectivity index (χ3v) is 2.93. The van der Waals surface area contributed by atoms with Crippen molar-refractivity contribution in [2.24, 2.45) is 0 Å². The van der Waals surface area contributed by atoms with Gasteiger partial charge in [0.2, 0.25) is 0 Å². The van der Waals surface area contributed by atoms with Crippen molar-refractivity contribution < 1.29 is 28.5 Å². The topological polar surface area (TPSA) is 63.2 Å². The first-order valence-corrected chi connectivity index (χ1v) is 7.10. The van der Waals surface area contributed by atoms with Crippen molar-refractivity contribution in [2.75, 3.05) is 33.5 Å². The second-order valence-corrected chi connectivity index (χ2v) is 4.47. The second-order valence-electron chi connectivity index (χ2n) is 4.47. The zero-order valence-electron chi connectivity index (χ0n) is 12.7.